The smallest absolute Gasteiger partial charge is 0.278 e. The zero-order valence-corrected chi connectivity index (χ0v) is 21.6. The molecule has 1 aliphatic carbocycles. The van der Waals surface area contributed by atoms with Gasteiger partial charge in [-0.25, -0.2) is 13.8 Å². The number of amides is 1. The fourth-order valence-electron chi connectivity index (χ4n) is 5.31. The summed E-state index contributed by atoms with van der Waals surface area (Å²) in [5.74, 6) is -2.22. The number of nitrogens with zero attached hydrogens (tertiary/aromatic N) is 4. The fraction of sp³-hybridized carbons (Fsp3) is 0.577. The number of alkyl halides is 2. The van der Waals surface area contributed by atoms with Gasteiger partial charge < -0.3 is 10.1 Å². The predicted molar refractivity (Wildman–Crippen MR) is 136 cm³/mol. The van der Waals surface area contributed by atoms with Gasteiger partial charge in [-0.3, -0.25) is 14.4 Å². The molecule has 7 nitrogen and oxygen atoms in total. The van der Waals surface area contributed by atoms with Crippen molar-refractivity contribution in [2.75, 3.05) is 19.7 Å². The maximum Gasteiger partial charge on any atom is 0.278 e. The third-order valence-corrected chi connectivity index (χ3v) is 8.35. The van der Waals surface area contributed by atoms with Crippen LogP contribution in [0.15, 0.2) is 24.4 Å². The maximum absolute atomic E-state index is 13.1. The van der Waals surface area contributed by atoms with E-state index in [-0.39, 0.29) is 11.9 Å². The molecule has 1 N–H and O–H groups in total. The van der Waals surface area contributed by atoms with Crippen molar-refractivity contribution in [1.29, 1.82) is 0 Å². The zero-order valence-electron chi connectivity index (χ0n) is 20.8. The van der Waals surface area contributed by atoms with Crippen LogP contribution in [-0.2, 0) is 20.0 Å². The van der Waals surface area contributed by atoms with Crippen LogP contribution in [0.1, 0.15) is 60.0 Å². The van der Waals surface area contributed by atoms with Gasteiger partial charge in [0.1, 0.15) is 0 Å². The number of aryl methyl sites for hydroxylation is 1. The van der Waals surface area contributed by atoms with Crippen LogP contribution in [0.3, 0.4) is 0 Å². The molecule has 2 aliphatic rings. The molecule has 194 valence electrons. The maximum atomic E-state index is 13.1. The van der Waals surface area contributed by atoms with Crippen molar-refractivity contribution in [3.05, 3.63) is 40.5 Å². The van der Waals surface area contributed by atoms with Gasteiger partial charge in [0, 0.05) is 43.4 Å². The Morgan fingerprint density at radius 2 is 2.08 bits per heavy atom. The summed E-state index contributed by atoms with van der Waals surface area (Å²) in [7, 11) is 1.86. The van der Waals surface area contributed by atoms with Crippen LogP contribution in [0, 0.1) is 5.92 Å². The van der Waals surface area contributed by atoms with Crippen LogP contribution < -0.4 is 10.1 Å². The van der Waals surface area contributed by atoms with E-state index in [0.717, 1.165) is 86.6 Å². The normalized spacial score (nSPS) is 20.9. The lowest BCUT2D eigenvalue weighted by Crippen LogP contribution is -2.38. The molecule has 0 spiro atoms. The molecule has 10 heteroatoms. The van der Waals surface area contributed by atoms with Gasteiger partial charge in [0.15, 0.2) is 6.61 Å². The monoisotopic (exact) mass is 517 g/mol. The number of hydrogen-bond acceptors (Lipinski definition) is 6. The molecule has 5 rings (SSSR count). The van der Waals surface area contributed by atoms with Gasteiger partial charge in [-0.2, -0.15) is 5.10 Å². The van der Waals surface area contributed by atoms with E-state index in [4.69, 9.17) is 4.74 Å². The van der Waals surface area contributed by atoms with Gasteiger partial charge in [-0.15, -0.1) is 0 Å². The van der Waals surface area contributed by atoms with Crippen LogP contribution >= 0.6 is 11.3 Å². The highest BCUT2D eigenvalue weighted by Gasteiger charge is 2.27. The minimum atomic E-state index is -2.85. The summed E-state index contributed by atoms with van der Waals surface area (Å²) in [5, 5.41) is 8.85. The lowest BCUT2D eigenvalue weighted by Gasteiger charge is -2.32. The first-order valence-corrected chi connectivity index (χ1v) is 13.5. The molecule has 3 aromatic rings. The second-order valence-corrected chi connectivity index (χ2v) is 11.3. The lowest BCUT2D eigenvalue weighted by molar-refractivity contribution is -0.0230. The number of para-hydroxylation sites is 1. The third kappa shape index (κ3) is 5.86. The Bertz CT molecular complexity index is 1210. The van der Waals surface area contributed by atoms with Crippen LogP contribution in [0.25, 0.3) is 10.9 Å². The number of carbonyl (C=O) groups is 1. The van der Waals surface area contributed by atoms with E-state index in [9.17, 15) is 13.6 Å². The number of aromatic nitrogens is 3. The van der Waals surface area contributed by atoms with Crippen LogP contribution in [0.2, 0.25) is 0 Å². The standard InChI is InChI=1S/C26H33F2N5O2S/c1-26(27,28)16-35-25-31-21-15-33(13-11-22(21)36-25)12-10-17-6-8-19(9-7-17)30-24(34)20-5-3-4-18-14-29-32(2)23(18)20/h3-5,14,17,19H,6-13,15-16H2,1-2H3,(H,30,34). The summed E-state index contributed by atoms with van der Waals surface area (Å²) in [6.07, 6.45) is 8.02. The topological polar surface area (TPSA) is 72.3 Å². The van der Waals surface area contributed by atoms with Crippen LogP contribution in [0.5, 0.6) is 5.19 Å². The van der Waals surface area contributed by atoms with Crippen LogP contribution in [-0.4, -0.2) is 57.2 Å². The molecule has 1 amide bonds. The molecule has 0 radical (unpaired) electrons. The molecular weight excluding hydrogens is 484 g/mol. The molecule has 1 fully saturated rings. The summed E-state index contributed by atoms with van der Waals surface area (Å²) in [4.78, 5) is 21.0. The minimum absolute atomic E-state index is 0.0222. The van der Waals surface area contributed by atoms with Gasteiger partial charge in [-0.1, -0.05) is 23.5 Å². The molecule has 3 heterocycles. The van der Waals surface area contributed by atoms with Crippen molar-refractivity contribution in [2.45, 2.75) is 64.0 Å². The Kier molecular flexibility index (Phi) is 7.25. The molecule has 0 bridgehead atoms. The quantitative estimate of drug-likeness (QED) is 0.465. The summed E-state index contributed by atoms with van der Waals surface area (Å²) in [6, 6.07) is 5.95. The summed E-state index contributed by atoms with van der Waals surface area (Å²) in [6.45, 7) is 2.94. The van der Waals surface area contributed by atoms with E-state index >= 15 is 0 Å². The molecule has 36 heavy (non-hydrogen) atoms. The zero-order chi connectivity index (χ0) is 25.3. The first-order valence-electron chi connectivity index (χ1n) is 12.7. The second kappa shape index (κ2) is 10.4. The van der Waals surface area contributed by atoms with Crippen LogP contribution in [0.4, 0.5) is 8.78 Å². The van der Waals surface area contributed by atoms with Crippen molar-refractivity contribution >= 4 is 28.1 Å². The fourth-order valence-corrected chi connectivity index (χ4v) is 6.22. The molecule has 1 aromatic carbocycles. The predicted octanol–water partition coefficient (Wildman–Crippen LogP) is 4.80. The minimum Gasteiger partial charge on any atom is -0.464 e. The molecule has 0 atom stereocenters. The van der Waals surface area contributed by atoms with Crippen molar-refractivity contribution < 1.29 is 18.3 Å². The van der Waals surface area contributed by atoms with Crippen molar-refractivity contribution in [3.8, 4) is 5.19 Å². The Morgan fingerprint density at radius 1 is 1.28 bits per heavy atom. The van der Waals surface area contributed by atoms with E-state index in [1.165, 1.54) is 11.3 Å². The Labute approximate surface area is 213 Å². The molecule has 2 aromatic heterocycles. The highest BCUT2D eigenvalue weighted by Crippen LogP contribution is 2.32. The van der Waals surface area contributed by atoms with E-state index < -0.39 is 12.5 Å². The molecular formula is C26H33F2N5O2S. The Hall–Kier alpha value is -2.59. The second-order valence-electron chi connectivity index (χ2n) is 10.2. The average molecular weight is 518 g/mol. The Morgan fingerprint density at radius 3 is 2.86 bits per heavy atom. The highest BCUT2D eigenvalue weighted by molar-refractivity contribution is 7.13. The summed E-state index contributed by atoms with van der Waals surface area (Å²) < 4.78 is 33.1. The van der Waals surface area contributed by atoms with Gasteiger partial charge in [0.25, 0.3) is 17.0 Å². The first kappa shape index (κ1) is 25.1. The number of benzene rings is 1. The number of halogens is 2. The summed E-state index contributed by atoms with van der Waals surface area (Å²) >= 11 is 1.40. The Balaban J connectivity index is 1.06. The molecule has 1 saturated carbocycles. The SMILES string of the molecule is Cn1ncc2cccc(C(=O)NC3CCC(CCN4CCc5sc(OCC(C)(F)F)nc5C4)CC3)c21. The van der Waals surface area contributed by atoms with Gasteiger partial charge in [-0.05, 0) is 57.1 Å². The van der Waals surface area contributed by atoms with Crippen molar-refractivity contribution in [3.63, 3.8) is 0 Å². The number of rotatable bonds is 8. The lowest BCUT2D eigenvalue weighted by atomic mass is 9.84. The van der Waals surface area contributed by atoms with Gasteiger partial charge in [0.05, 0.1) is 23.0 Å². The number of fused-ring (bicyclic) bond motifs is 2. The first-order chi connectivity index (χ1) is 17.2. The van der Waals surface area contributed by atoms with E-state index in [1.807, 2.05) is 25.2 Å². The van der Waals surface area contributed by atoms with E-state index in [1.54, 1.807) is 10.9 Å². The number of hydrogen-bond donors (Lipinski definition) is 1. The number of ether oxygens (including phenoxy) is 1. The summed E-state index contributed by atoms with van der Waals surface area (Å²) in [5.41, 5.74) is 2.52. The molecule has 0 unspecified atom stereocenters. The van der Waals surface area contributed by atoms with Crippen molar-refractivity contribution in [1.82, 2.24) is 25.0 Å². The van der Waals surface area contributed by atoms with Crippen molar-refractivity contribution in [2.24, 2.45) is 13.0 Å². The van der Waals surface area contributed by atoms with E-state index in [2.05, 4.69) is 20.3 Å². The van der Waals surface area contributed by atoms with Gasteiger partial charge >= 0.3 is 0 Å². The van der Waals surface area contributed by atoms with E-state index in [0.29, 0.717) is 16.7 Å². The number of carbonyl (C=O) groups excluding carboxylic acids is 1. The third-order valence-electron chi connectivity index (χ3n) is 7.28. The molecule has 1 aliphatic heterocycles. The number of nitrogens with one attached hydrogen (secondary N) is 1. The number of thiazole rings is 1. The van der Waals surface area contributed by atoms with Gasteiger partial charge in [0.2, 0.25) is 0 Å². The highest BCUT2D eigenvalue weighted by atomic mass is 32.1. The molecule has 0 saturated heterocycles. The average Bonchev–Trinajstić information content (AvgIpc) is 3.44. The largest absolute Gasteiger partial charge is 0.464 e.